The van der Waals surface area contributed by atoms with E-state index in [9.17, 15) is 14.4 Å². The van der Waals surface area contributed by atoms with Crippen molar-refractivity contribution in [3.05, 3.63) is 54.1 Å². The molecule has 2 aromatic carbocycles. The fraction of sp³-hybridized carbons (Fsp3) is 0.118. The van der Waals surface area contributed by atoms with Gasteiger partial charge in [0, 0.05) is 25.2 Å². The molecule has 0 aliphatic rings. The number of hydrogen-bond acceptors (Lipinski definition) is 4. The molecule has 118 valence electrons. The quantitative estimate of drug-likeness (QED) is 0.671. The smallest absolute Gasteiger partial charge is 0.343 e. The molecule has 0 aliphatic heterocycles. The van der Waals surface area contributed by atoms with Crippen LogP contribution in [0.3, 0.4) is 0 Å². The maximum Gasteiger partial charge on any atom is 0.343 e. The minimum Gasteiger partial charge on any atom is -0.423 e. The largest absolute Gasteiger partial charge is 0.423 e. The normalized spacial score (nSPS) is 9.83. The van der Waals surface area contributed by atoms with E-state index in [2.05, 4.69) is 10.6 Å². The van der Waals surface area contributed by atoms with E-state index in [-0.39, 0.29) is 17.4 Å². The Morgan fingerprint density at radius 1 is 0.826 bits per heavy atom. The van der Waals surface area contributed by atoms with Crippen LogP contribution < -0.4 is 15.4 Å². The highest BCUT2D eigenvalue weighted by atomic mass is 16.5. The Morgan fingerprint density at radius 2 is 1.35 bits per heavy atom. The molecule has 2 amide bonds. The summed E-state index contributed by atoms with van der Waals surface area (Å²) < 4.78 is 5.26. The molecule has 0 spiro atoms. The Balaban J connectivity index is 2.29. The van der Waals surface area contributed by atoms with Crippen molar-refractivity contribution in [2.24, 2.45) is 0 Å². The van der Waals surface area contributed by atoms with Crippen molar-refractivity contribution >= 4 is 29.2 Å². The number of benzene rings is 2. The standard InChI is InChI=1S/C17H16N2O4/c1-11(20)18-14-8-13(9-15(10-14)19-12(2)21)17(22)23-16-6-4-3-5-7-16/h3-10H,1-2H3,(H,18,20)(H,19,21). The molecule has 2 N–H and O–H groups in total. The summed E-state index contributed by atoms with van der Waals surface area (Å²) in [5.41, 5.74) is 0.997. The van der Waals surface area contributed by atoms with Gasteiger partial charge in [-0.15, -0.1) is 0 Å². The third kappa shape index (κ3) is 4.96. The first-order valence-electron chi connectivity index (χ1n) is 6.91. The van der Waals surface area contributed by atoms with Gasteiger partial charge in [-0.05, 0) is 30.3 Å². The topological polar surface area (TPSA) is 84.5 Å². The van der Waals surface area contributed by atoms with Crippen molar-refractivity contribution in [1.29, 1.82) is 0 Å². The van der Waals surface area contributed by atoms with Crippen LogP contribution in [0.25, 0.3) is 0 Å². The van der Waals surface area contributed by atoms with Gasteiger partial charge in [-0.25, -0.2) is 4.79 Å². The Morgan fingerprint density at radius 3 is 1.83 bits per heavy atom. The highest BCUT2D eigenvalue weighted by Gasteiger charge is 2.12. The first-order valence-corrected chi connectivity index (χ1v) is 6.91. The van der Waals surface area contributed by atoms with E-state index >= 15 is 0 Å². The van der Waals surface area contributed by atoms with Crippen molar-refractivity contribution in [1.82, 2.24) is 0 Å². The zero-order valence-electron chi connectivity index (χ0n) is 12.8. The van der Waals surface area contributed by atoms with Crippen molar-refractivity contribution in [3.8, 4) is 5.75 Å². The van der Waals surface area contributed by atoms with Crippen LogP contribution in [-0.2, 0) is 9.59 Å². The van der Waals surface area contributed by atoms with Crippen molar-refractivity contribution < 1.29 is 19.1 Å². The third-order valence-electron chi connectivity index (χ3n) is 2.76. The van der Waals surface area contributed by atoms with Crippen LogP contribution in [-0.4, -0.2) is 17.8 Å². The third-order valence-corrected chi connectivity index (χ3v) is 2.76. The van der Waals surface area contributed by atoms with Crippen LogP contribution in [0.1, 0.15) is 24.2 Å². The molecule has 0 saturated carbocycles. The molecule has 6 heteroatoms. The molecule has 0 aromatic heterocycles. The Hall–Kier alpha value is -3.15. The highest BCUT2D eigenvalue weighted by Crippen LogP contribution is 2.21. The number of esters is 1. The number of rotatable bonds is 4. The minimum atomic E-state index is -0.588. The SMILES string of the molecule is CC(=O)Nc1cc(NC(C)=O)cc(C(=O)Oc2ccccc2)c1. The van der Waals surface area contributed by atoms with Gasteiger partial charge in [0.2, 0.25) is 11.8 Å². The molecule has 0 unspecified atom stereocenters. The van der Waals surface area contributed by atoms with Gasteiger partial charge in [0.1, 0.15) is 5.75 Å². The van der Waals surface area contributed by atoms with E-state index in [0.717, 1.165) is 0 Å². The molecule has 2 rings (SSSR count). The summed E-state index contributed by atoms with van der Waals surface area (Å²) in [5, 5.41) is 5.16. The Bertz CT molecular complexity index is 707. The van der Waals surface area contributed by atoms with Crippen molar-refractivity contribution in [2.75, 3.05) is 10.6 Å². The molecule has 6 nitrogen and oxygen atoms in total. The molecule has 0 atom stereocenters. The van der Waals surface area contributed by atoms with E-state index in [1.54, 1.807) is 30.3 Å². The number of anilines is 2. The number of carbonyl (C=O) groups is 3. The molecule has 2 aromatic rings. The summed E-state index contributed by atoms with van der Waals surface area (Å²) in [6.07, 6.45) is 0. The number of amides is 2. The lowest BCUT2D eigenvalue weighted by Gasteiger charge is -2.10. The average molecular weight is 312 g/mol. The first kappa shape index (κ1) is 16.2. The number of nitrogens with one attached hydrogen (secondary N) is 2. The van der Waals surface area contributed by atoms with E-state index < -0.39 is 5.97 Å². The number of ether oxygens (including phenoxy) is 1. The second-order valence-electron chi connectivity index (χ2n) is 4.86. The van der Waals surface area contributed by atoms with Gasteiger partial charge in [0.05, 0.1) is 5.56 Å². The Labute approximate surface area is 133 Å². The van der Waals surface area contributed by atoms with Gasteiger partial charge in [-0.1, -0.05) is 18.2 Å². The first-order chi connectivity index (χ1) is 10.9. The van der Waals surface area contributed by atoms with E-state index in [1.165, 1.54) is 26.0 Å². The maximum atomic E-state index is 12.2. The van der Waals surface area contributed by atoms with Crippen molar-refractivity contribution in [3.63, 3.8) is 0 Å². The van der Waals surface area contributed by atoms with Crippen LogP contribution in [0.15, 0.2) is 48.5 Å². The molecule has 0 radical (unpaired) electrons. The highest BCUT2D eigenvalue weighted by molar-refractivity contribution is 5.98. The fourth-order valence-electron chi connectivity index (χ4n) is 1.95. The van der Waals surface area contributed by atoms with Gasteiger partial charge >= 0.3 is 5.97 Å². The number of hydrogen-bond donors (Lipinski definition) is 2. The molecule has 0 fully saturated rings. The second kappa shape index (κ2) is 7.22. The van der Waals surface area contributed by atoms with Gasteiger partial charge in [-0.2, -0.15) is 0 Å². The monoisotopic (exact) mass is 312 g/mol. The van der Waals surface area contributed by atoms with Crippen LogP contribution in [0.4, 0.5) is 11.4 Å². The van der Waals surface area contributed by atoms with Crippen molar-refractivity contribution in [2.45, 2.75) is 13.8 Å². The van der Waals surface area contributed by atoms with E-state index in [0.29, 0.717) is 17.1 Å². The van der Waals surface area contributed by atoms with E-state index in [4.69, 9.17) is 4.74 Å². The van der Waals surface area contributed by atoms with E-state index in [1.807, 2.05) is 6.07 Å². The molecule has 0 bridgehead atoms. The minimum absolute atomic E-state index is 0.212. The van der Waals surface area contributed by atoms with Gasteiger partial charge in [0.25, 0.3) is 0 Å². The molecular weight excluding hydrogens is 296 g/mol. The van der Waals surface area contributed by atoms with Gasteiger partial charge in [-0.3, -0.25) is 9.59 Å². The Kier molecular flexibility index (Phi) is 5.09. The van der Waals surface area contributed by atoms with Crippen LogP contribution >= 0.6 is 0 Å². The lowest BCUT2D eigenvalue weighted by Crippen LogP contribution is -2.13. The summed E-state index contributed by atoms with van der Waals surface area (Å²) in [7, 11) is 0. The summed E-state index contributed by atoms with van der Waals surface area (Å²) >= 11 is 0. The molecule has 23 heavy (non-hydrogen) atoms. The maximum absolute atomic E-state index is 12.2. The van der Waals surface area contributed by atoms with Gasteiger partial charge < -0.3 is 15.4 Å². The number of carbonyl (C=O) groups excluding carboxylic acids is 3. The summed E-state index contributed by atoms with van der Waals surface area (Å²) in [5.74, 6) is -0.752. The average Bonchev–Trinajstić information content (AvgIpc) is 2.46. The molecule has 0 heterocycles. The summed E-state index contributed by atoms with van der Waals surface area (Å²) in [6, 6.07) is 13.1. The van der Waals surface area contributed by atoms with Gasteiger partial charge in [0.15, 0.2) is 0 Å². The lowest BCUT2D eigenvalue weighted by molar-refractivity contribution is -0.115. The second-order valence-corrected chi connectivity index (χ2v) is 4.86. The van der Waals surface area contributed by atoms with Crippen LogP contribution in [0.5, 0.6) is 5.75 Å². The van der Waals surface area contributed by atoms with Crippen LogP contribution in [0, 0.1) is 0 Å². The zero-order valence-corrected chi connectivity index (χ0v) is 12.8. The lowest BCUT2D eigenvalue weighted by atomic mass is 10.1. The fourth-order valence-corrected chi connectivity index (χ4v) is 1.95. The summed E-state index contributed by atoms with van der Waals surface area (Å²) in [6.45, 7) is 2.71. The summed E-state index contributed by atoms with van der Waals surface area (Å²) in [4.78, 5) is 34.7. The predicted octanol–water partition coefficient (Wildman–Crippen LogP) is 2.82. The predicted molar refractivity (Wildman–Crippen MR) is 86.4 cm³/mol. The zero-order chi connectivity index (χ0) is 16.8. The van der Waals surface area contributed by atoms with Crippen LogP contribution in [0.2, 0.25) is 0 Å². The molecular formula is C17H16N2O4. The number of para-hydroxylation sites is 1. The molecule has 0 saturated heterocycles. The molecule has 0 aliphatic carbocycles.